The Hall–Kier alpha value is -2.29. The maximum atomic E-state index is 10.0. The molecule has 1 N–H and O–H groups in total. The van der Waals surface area contributed by atoms with Crippen molar-refractivity contribution >= 4 is 29.9 Å². The SMILES string of the molecule is CC(=O)/C=C(/C)O.Cc1[c-]c(-c2cc3cc(-c4c(C)cc(C(C)(C)C)cc4C)[se]c3cn2)cc(C(C)(C)C)c1.[Ir]. The minimum atomic E-state index is -0.125. The molecule has 0 bridgehead atoms. The molecule has 0 aliphatic carbocycles. The number of aromatic nitrogens is 1. The van der Waals surface area contributed by atoms with Crippen LogP contribution in [-0.2, 0) is 35.7 Å². The van der Waals surface area contributed by atoms with Crippen molar-refractivity contribution in [2.75, 3.05) is 0 Å². The Morgan fingerprint density at radius 1 is 0.875 bits per heavy atom. The van der Waals surface area contributed by atoms with E-state index in [0.29, 0.717) is 0 Å². The zero-order chi connectivity index (χ0) is 29.3. The van der Waals surface area contributed by atoms with E-state index in [-0.39, 0.29) is 57.0 Å². The van der Waals surface area contributed by atoms with Crippen molar-refractivity contribution in [1.82, 2.24) is 4.98 Å². The molecule has 40 heavy (non-hydrogen) atoms. The van der Waals surface area contributed by atoms with E-state index in [9.17, 15) is 4.79 Å². The molecule has 0 saturated carbocycles. The molecule has 1 radical (unpaired) electrons. The third-order valence-corrected chi connectivity index (χ3v) is 8.92. The van der Waals surface area contributed by atoms with Gasteiger partial charge in [0.15, 0.2) is 5.78 Å². The Morgan fingerprint density at radius 3 is 1.90 bits per heavy atom. The number of carbonyl (C=O) groups is 1. The summed E-state index contributed by atoms with van der Waals surface area (Å²) in [6.07, 6.45) is 3.26. The van der Waals surface area contributed by atoms with Crippen molar-refractivity contribution in [1.29, 1.82) is 0 Å². The van der Waals surface area contributed by atoms with Crippen molar-refractivity contribution in [2.45, 2.75) is 87.0 Å². The summed E-state index contributed by atoms with van der Waals surface area (Å²) in [5.41, 5.74) is 10.5. The number of rotatable bonds is 3. The zero-order valence-corrected chi connectivity index (χ0v) is 29.8. The summed E-state index contributed by atoms with van der Waals surface area (Å²) in [5, 5.41) is 9.68. The summed E-state index contributed by atoms with van der Waals surface area (Å²) < 4.78 is 2.84. The molecule has 0 amide bonds. The Labute approximate surface area is 260 Å². The Kier molecular flexibility index (Phi) is 11.1. The van der Waals surface area contributed by atoms with Crippen LogP contribution in [0.4, 0.5) is 0 Å². The van der Waals surface area contributed by atoms with E-state index in [1.807, 2.05) is 0 Å². The van der Waals surface area contributed by atoms with Gasteiger partial charge in [-0.05, 0) is 13.8 Å². The van der Waals surface area contributed by atoms with Crippen molar-refractivity contribution in [3.63, 3.8) is 0 Å². The van der Waals surface area contributed by atoms with Gasteiger partial charge in [0.25, 0.3) is 0 Å². The molecule has 2 aromatic heterocycles. The number of benzene rings is 2. The Bertz CT molecular complexity index is 1520. The molecular weight excluding hydrogens is 738 g/mol. The van der Waals surface area contributed by atoms with Crippen LogP contribution in [0.15, 0.2) is 54.4 Å². The van der Waals surface area contributed by atoms with E-state index >= 15 is 0 Å². The third kappa shape index (κ3) is 8.60. The first-order valence-electron chi connectivity index (χ1n) is 13.4. The molecule has 4 aromatic rings. The first-order valence-corrected chi connectivity index (χ1v) is 15.1. The summed E-state index contributed by atoms with van der Waals surface area (Å²) in [6, 6.07) is 17.4. The molecule has 0 fully saturated rings. The Morgan fingerprint density at radius 2 is 1.43 bits per heavy atom. The van der Waals surface area contributed by atoms with Crippen LogP contribution in [-0.4, -0.2) is 30.4 Å². The third-order valence-electron chi connectivity index (χ3n) is 6.61. The summed E-state index contributed by atoms with van der Waals surface area (Å²) in [4.78, 5) is 14.9. The molecule has 0 unspecified atom stereocenters. The first-order chi connectivity index (χ1) is 18.0. The average molecular weight is 780 g/mol. The van der Waals surface area contributed by atoms with Gasteiger partial charge in [0.2, 0.25) is 0 Å². The summed E-state index contributed by atoms with van der Waals surface area (Å²) in [7, 11) is 0. The second kappa shape index (κ2) is 13.1. The van der Waals surface area contributed by atoms with Crippen LogP contribution in [0.1, 0.15) is 83.2 Å². The van der Waals surface area contributed by atoms with Crippen molar-refractivity contribution < 1.29 is 30.0 Å². The predicted octanol–water partition coefficient (Wildman–Crippen LogP) is 8.98. The van der Waals surface area contributed by atoms with Gasteiger partial charge in [-0.15, -0.1) is 0 Å². The van der Waals surface area contributed by atoms with Gasteiger partial charge >= 0.3 is 200 Å². The minimum absolute atomic E-state index is 0. The summed E-state index contributed by atoms with van der Waals surface area (Å²) in [5.74, 6) is -0.0625. The van der Waals surface area contributed by atoms with E-state index < -0.39 is 0 Å². The van der Waals surface area contributed by atoms with Crippen LogP contribution in [0, 0.1) is 26.8 Å². The van der Waals surface area contributed by atoms with Gasteiger partial charge < -0.3 is 5.11 Å². The molecule has 2 heterocycles. The standard InChI is InChI=1S/C30H34NSe.C5H8O2.Ir/c1-18-10-21(14-23(11-18)29(4,5)6)25-15-22-16-26(32-27(22)17-31-25)28-19(2)12-24(13-20(28)3)30(7,8)9;1-4(6)3-5(2)7;/h11-17H,1-9H3;3,6H,1-2H3;/q-1;;/b;4-3-;. The van der Waals surface area contributed by atoms with Crippen LogP contribution in [0.2, 0.25) is 0 Å². The van der Waals surface area contributed by atoms with E-state index in [4.69, 9.17) is 10.1 Å². The molecule has 215 valence electrons. The fourth-order valence-electron chi connectivity index (χ4n) is 4.58. The number of aryl methyl sites for hydroxylation is 3. The number of aliphatic hydroxyl groups is 1. The molecule has 4 rings (SSSR count). The van der Waals surface area contributed by atoms with Crippen molar-refractivity contribution in [3.8, 4) is 21.3 Å². The number of hydrogen-bond acceptors (Lipinski definition) is 3. The van der Waals surface area contributed by atoms with Gasteiger partial charge in [0.1, 0.15) is 0 Å². The van der Waals surface area contributed by atoms with Crippen LogP contribution in [0.3, 0.4) is 0 Å². The molecular formula is C35H42IrNO2Se-. The smallest absolute Gasteiger partial charge is 0 e. The number of aliphatic hydroxyl groups excluding tert-OH is 1. The van der Waals surface area contributed by atoms with Gasteiger partial charge in [-0.25, -0.2) is 0 Å². The predicted molar refractivity (Wildman–Crippen MR) is 167 cm³/mol. The normalized spacial score (nSPS) is 12.0. The van der Waals surface area contributed by atoms with Crippen molar-refractivity contribution in [2.24, 2.45) is 0 Å². The molecule has 0 saturated heterocycles. The van der Waals surface area contributed by atoms with E-state index in [1.54, 1.807) is 0 Å². The van der Waals surface area contributed by atoms with Crippen LogP contribution >= 0.6 is 0 Å². The van der Waals surface area contributed by atoms with Crippen LogP contribution in [0.5, 0.6) is 0 Å². The van der Waals surface area contributed by atoms with Gasteiger partial charge in [-0.2, -0.15) is 0 Å². The maximum absolute atomic E-state index is 10.0. The van der Waals surface area contributed by atoms with Crippen LogP contribution < -0.4 is 0 Å². The molecule has 0 aliphatic heterocycles. The largest absolute Gasteiger partial charge is 0 e. The molecule has 3 nitrogen and oxygen atoms in total. The van der Waals surface area contributed by atoms with E-state index in [2.05, 4.69) is 111 Å². The van der Waals surface area contributed by atoms with E-state index in [0.717, 1.165) is 11.3 Å². The maximum Gasteiger partial charge on any atom is 0 e. The quantitative estimate of drug-likeness (QED) is 0.0979. The molecule has 0 spiro atoms. The topological polar surface area (TPSA) is 50.2 Å². The average Bonchev–Trinajstić information content (AvgIpc) is 3.19. The fraction of sp³-hybridized carbons (Fsp3) is 0.371. The van der Waals surface area contributed by atoms with Crippen molar-refractivity contribution in [3.05, 3.63) is 88.3 Å². The number of carbonyl (C=O) groups excluding carboxylic acids is 1. The van der Waals surface area contributed by atoms with Gasteiger partial charge in [0, 0.05) is 26.2 Å². The number of ketones is 1. The molecule has 0 aliphatic rings. The second-order valence-corrected chi connectivity index (χ2v) is 14.8. The summed E-state index contributed by atoms with van der Waals surface area (Å²) >= 11 is 0.284. The number of hydrogen-bond donors (Lipinski definition) is 1. The molecule has 5 heteroatoms. The van der Waals surface area contributed by atoms with Crippen LogP contribution in [0.25, 0.3) is 30.9 Å². The number of allylic oxidation sites excluding steroid dienone is 2. The van der Waals surface area contributed by atoms with Gasteiger partial charge in [0.05, 0.1) is 5.76 Å². The molecule has 2 aromatic carbocycles. The monoisotopic (exact) mass is 781 g/mol. The fourth-order valence-corrected chi connectivity index (χ4v) is 7.07. The minimum Gasteiger partial charge on any atom is 0 e. The number of nitrogens with zero attached hydrogens (tertiary/aromatic N) is 1. The first kappa shape index (κ1) is 33.9. The summed E-state index contributed by atoms with van der Waals surface area (Å²) in [6.45, 7) is 23.1. The Balaban J connectivity index is 0.000000623. The van der Waals surface area contributed by atoms with Gasteiger partial charge in [-0.3, -0.25) is 4.79 Å². The number of fused-ring (bicyclic) bond motifs is 1. The van der Waals surface area contributed by atoms with Gasteiger partial charge in [-0.1, -0.05) is 0 Å². The van der Waals surface area contributed by atoms with E-state index in [1.165, 1.54) is 67.4 Å². The molecule has 0 atom stereocenters. The zero-order valence-electron chi connectivity index (χ0n) is 25.7. The number of pyridine rings is 1. The second-order valence-electron chi connectivity index (χ2n) is 12.6.